The van der Waals surface area contributed by atoms with Crippen molar-refractivity contribution in [2.75, 3.05) is 26.1 Å². The maximum atomic E-state index is 11.4. The summed E-state index contributed by atoms with van der Waals surface area (Å²) >= 11 is 0. The van der Waals surface area contributed by atoms with E-state index in [0.717, 1.165) is 28.8 Å². The summed E-state index contributed by atoms with van der Waals surface area (Å²) in [5.41, 5.74) is 0.521. The highest BCUT2D eigenvalue weighted by Gasteiger charge is 2.32. The molecule has 0 aliphatic heterocycles. The first-order chi connectivity index (χ1) is 17.6. The molecule has 0 spiro atoms. The van der Waals surface area contributed by atoms with Crippen molar-refractivity contribution in [3.05, 3.63) is 60.8 Å². The van der Waals surface area contributed by atoms with Crippen LogP contribution in [0.1, 0.15) is 45.4 Å². The van der Waals surface area contributed by atoms with E-state index in [2.05, 4.69) is 15.3 Å². The van der Waals surface area contributed by atoms with Crippen molar-refractivity contribution in [2.24, 2.45) is 11.3 Å². The Morgan fingerprint density at radius 3 is 2.24 bits per heavy atom. The molecule has 2 heterocycles. The van der Waals surface area contributed by atoms with Gasteiger partial charge in [-0.1, -0.05) is 20.8 Å². The van der Waals surface area contributed by atoms with Gasteiger partial charge in [0.05, 0.1) is 38.6 Å². The van der Waals surface area contributed by atoms with Crippen molar-refractivity contribution in [1.82, 2.24) is 14.5 Å². The smallest absolute Gasteiger partial charge is 0.417 e. The molecule has 1 aliphatic rings. The first-order valence-corrected chi connectivity index (χ1v) is 12.0. The molecule has 1 aromatic carbocycles. The number of hydrogen-bond acceptors (Lipinski definition) is 7. The number of pyridine rings is 1. The highest BCUT2D eigenvalue weighted by atomic mass is 16.5. The zero-order chi connectivity index (χ0) is 27.0. The third-order valence-corrected chi connectivity index (χ3v) is 5.87. The second-order valence-corrected chi connectivity index (χ2v) is 9.70. The molecule has 3 aromatic rings. The van der Waals surface area contributed by atoms with Crippen LogP contribution in [-0.2, 0) is 4.79 Å². The summed E-state index contributed by atoms with van der Waals surface area (Å²) in [5, 5.41) is 12.1. The van der Waals surface area contributed by atoms with Crippen LogP contribution >= 0.6 is 0 Å². The topological polar surface area (TPSA) is 125 Å². The largest absolute Gasteiger partial charge is 0.497 e. The quantitative estimate of drug-likeness (QED) is 0.431. The fourth-order valence-corrected chi connectivity index (χ4v) is 3.46. The molecule has 1 aliphatic carbocycles. The molecule has 4 rings (SSSR count). The lowest BCUT2D eigenvalue weighted by Crippen LogP contribution is -2.29. The van der Waals surface area contributed by atoms with Gasteiger partial charge in [0.25, 0.3) is 0 Å². The van der Waals surface area contributed by atoms with E-state index in [1.807, 2.05) is 45.0 Å². The molecule has 1 atom stereocenters. The minimum absolute atomic E-state index is 0.0944. The lowest BCUT2D eigenvalue weighted by atomic mass is 9.80. The number of hydrogen-bond donors (Lipinski definition) is 2. The van der Waals surface area contributed by atoms with Gasteiger partial charge in [-0.3, -0.25) is 4.79 Å². The van der Waals surface area contributed by atoms with Crippen LogP contribution in [0.25, 0.3) is 0 Å². The number of carbonyl (C=O) groups is 2. The minimum atomic E-state index is -1.05. The molecule has 0 radical (unpaired) electrons. The van der Waals surface area contributed by atoms with Crippen molar-refractivity contribution in [2.45, 2.75) is 39.5 Å². The molecular weight excluding hydrogens is 476 g/mol. The average Bonchev–Trinajstić information content (AvgIpc) is 3.62. The monoisotopic (exact) mass is 510 g/mol. The van der Waals surface area contributed by atoms with E-state index in [1.54, 1.807) is 32.5 Å². The number of nitrogens with one attached hydrogen (secondary N) is 1. The van der Waals surface area contributed by atoms with E-state index in [4.69, 9.17) is 14.2 Å². The summed E-state index contributed by atoms with van der Waals surface area (Å²) in [6, 6.07) is 10.8. The summed E-state index contributed by atoms with van der Waals surface area (Å²) in [6.45, 7) is 6.45. The number of benzene rings is 1. The highest BCUT2D eigenvalue weighted by Crippen LogP contribution is 2.35. The minimum Gasteiger partial charge on any atom is -0.497 e. The Morgan fingerprint density at radius 1 is 1.05 bits per heavy atom. The zero-order valence-electron chi connectivity index (χ0n) is 21.8. The summed E-state index contributed by atoms with van der Waals surface area (Å²) in [6.07, 6.45) is 5.51. The molecule has 1 fully saturated rings. The number of ether oxygens (including phenoxy) is 3. The van der Waals surface area contributed by atoms with E-state index in [9.17, 15) is 14.7 Å². The van der Waals surface area contributed by atoms with Gasteiger partial charge in [-0.15, -0.1) is 0 Å². The van der Waals surface area contributed by atoms with Crippen LogP contribution in [0.4, 0.5) is 10.5 Å². The summed E-state index contributed by atoms with van der Waals surface area (Å²) in [4.78, 5) is 30.9. The molecule has 1 unspecified atom stereocenters. The SMILES string of the molecule is COc1ccc(NC(=O)C2CC2)cn1.COc1ccc(OCC(c2nccn2C(=O)O)C(C)(C)C)cc1. The number of aromatic nitrogens is 3. The zero-order valence-corrected chi connectivity index (χ0v) is 21.8. The number of methoxy groups -OCH3 is 2. The molecule has 10 nitrogen and oxygen atoms in total. The molecule has 37 heavy (non-hydrogen) atoms. The van der Waals surface area contributed by atoms with Crippen LogP contribution in [0, 0.1) is 11.3 Å². The van der Waals surface area contributed by atoms with E-state index in [1.165, 1.54) is 12.4 Å². The Morgan fingerprint density at radius 2 is 1.73 bits per heavy atom. The lowest BCUT2D eigenvalue weighted by molar-refractivity contribution is -0.117. The van der Waals surface area contributed by atoms with Gasteiger partial charge in [-0.25, -0.2) is 19.3 Å². The second-order valence-electron chi connectivity index (χ2n) is 9.70. The van der Waals surface area contributed by atoms with Gasteiger partial charge in [-0.2, -0.15) is 0 Å². The average molecular weight is 511 g/mol. The van der Waals surface area contributed by atoms with Crippen molar-refractivity contribution in [1.29, 1.82) is 0 Å². The number of nitrogens with zero attached hydrogens (tertiary/aromatic N) is 3. The summed E-state index contributed by atoms with van der Waals surface area (Å²) in [7, 11) is 3.17. The van der Waals surface area contributed by atoms with Gasteiger partial charge in [-0.05, 0) is 48.6 Å². The first-order valence-electron chi connectivity index (χ1n) is 12.0. The number of carbonyl (C=O) groups excluding carboxylic acids is 1. The lowest BCUT2D eigenvalue weighted by Gasteiger charge is -2.30. The standard InChI is InChI=1S/C17H22N2O4.C10H12N2O2/c1-17(2,3)14(15-18-9-10-19(15)16(20)21)11-23-13-7-5-12(22-4)6-8-13;1-14-9-5-4-8(6-11-9)12-10(13)7-2-3-7/h5-10,14H,11H2,1-4H3,(H,20,21);4-7H,2-3H2,1H3,(H,12,13). The third-order valence-electron chi connectivity index (χ3n) is 5.87. The van der Waals surface area contributed by atoms with Gasteiger partial charge in [0.1, 0.15) is 17.3 Å². The normalized spacial score (nSPS) is 13.5. The number of rotatable bonds is 8. The number of amides is 1. The maximum Gasteiger partial charge on any atom is 0.417 e. The molecule has 1 amide bonds. The Labute approximate surface area is 216 Å². The first kappa shape index (κ1) is 27.5. The fourth-order valence-electron chi connectivity index (χ4n) is 3.46. The third kappa shape index (κ3) is 7.96. The second kappa shape index (κ2) is 12.2. The summed E-state index contributed by atoms with van der Waals surface area (Å²) in [5.74, 6) is 2.64. The Bertz CT molecular complexity index is 1160. The highest BCUT2D eigenvalue weighted by molar-refractivity contribution is 5.93. The van der Waals surface area contributed by atoms with Crippen LogP contribution < -0.4 is 19.5 Å². The molecular formula is C27H34N4O6. The Kier molecular flexibility index (Phi) is 9.10. The van der Waals surface area contributed by atoms with Crippen LogP contribution in [0.15, 0.2) is 55.0 Å². The number of imidazole rings is 1. The van der Waals surface area contributed by atoms with E-state index in [0.29, 0.717) is 24.1 Å². The molecule has 2 N–H and O–H groups in total. The van der Waals surface area contributed by atoms with Crippen LogP contribution in [0.2, 0.25) is 0 Å². The Balaban J connectivity index is 0.000000231. The molecule has 198 valence electrons. The fraction of sp³-hybridized carbons (Fsp3) is 0.407. The molecule has 1 saturated carbocycles. The van der Waals surface area contributed by atoms with E-state index < -0.39 is 6.09 Å². The van der Waals surface area contributed by atoms with Crippen molar-refractivity contribution >= 4 is 17.7 Å². The molecule has 2 aromatic heterocycles. The predicted octanol–water partition coefficient (Wildman–Crippen LogP) is 5.07. The number of carboxylic acid groups (broad SMARTS) is 1. The summed E-state index contributed by atoms with van der Waals surface area (Å²) < 4.78 is 17.0. The van der Waals surface area contributed by atoms with Gasteiger partial charge in [0.15, 0.2) is 0 Å². The predicted molar refractivity (Wildman–Crippen MR) is 138 cm³/mol. The van der Waals surface area contributed by atoms with Crippen molar-refractivity contribution in [3.8, 4) is 17.4 Å². The van der Waals surface area contributed by atoms with Gasteiger partial charge in [0, 0.05) is 24.4 Å². The van der Waals surface area contributed by atoms with Gasteiger partial charge < -0.3 is 24.6 Å². The van der Waals surface area contributed by atoms with E-state index in [-0.39, 0.29) is 23.2 Å². The van der Waals surface area contributed by atoms with Crippen molar-refractivity contribution < 1.29 is 28.9 Å². The van der Waals surface area contributed by atoms with Crippen LogP contribution in [0.3, 0.4) is 0 Å². The molecule has 10 heteroatoms. The van der Waals surface area contributed by atoms with Gasteiger partial charge >= 0.3 is 6.09 Å². The van der Waals surface area contributed by atoms with Crippen molar-refractivity contribution in [3.63, 3.8) is 0 Å². The van der Waals surface area contributed by atoms with Gasteiger partial charge in [0.2, 0.25) is 11.8 Å². The van der Waals surface area contributed by atoms with Crippen LogP contribution in [-0.4, -0.2) is 52.5 Å². The Hall–Kier alpha value is -4.08. The van der Waals surface area contributed by atoms with Crippen LogP contribution in [0.5, 0.6) is 17.4 Å². The molecule has 0 saturated heterocycles. The maximum absolute atomic E-state index is 11.4. The molecule has 0 bridgehead atoms. The van der Waals surface area contributed by atoms with E-state index >= 15 is 0 Å². The number of anilines is 1.